The zero-order valence-corrected chi connectivity index (χ0v) is 8.86. The van der Waals surface area contributed by atoms with E-state index in [1.807, 2.05) is 0 Å². The lowest BCUT2D eigenvalue weighted by Crippen LogP contribution is -2.22. The third kappa shape index (κ3) is 2.69. The fraction of sp³-hybridized carbons (Fsp3) is 0.778. The van der Waals surface area contributed by atoms with Gasteiger partial charge in [-0.2, -0.15) is 0 Å². The van der Waals surface area contributed by atoms with E-state index in [1.165, 1.54) is 5.20 Å². The van der Waals surface area contributed by atoms with Crippen molar-refractivity contribution in [3.05, 3.63) is 11.8 Å². The Morgan fingerprint density at radius 1 is 1.10 bits per heavy atom. The molecular weight excluding hydrogens is 136 g/mol. The zero-order chi connectivity index (χ0) is 8.31. The number of hydrogen-bond acceptors (Lipinski definition) is 0. The minimum absolute atomic E-state index is 0.290. The van der Waals surface area contributed by atoms with E-state index < -0.39 is 0 Å². The second-order valence-electron chi connectivity index (χ2n) is 3.55. The van der Waals surface area contributed by atoms with E-state index in [0.29, 0.717) is 0 Å². The maximum Gasteiger partial charge on any atom is 0.0844 e. The van der Waals surface area contributed by atoms with E-state index in [0.717, 1.165) is 11.1 Å². The van der Waals surface area contributed by atoms with Gasteiger partial charge in [0.05, 0.1) is 8.80 Å². The molecule has 0 amide bonds. The molecule has 0 heterocycles. The van der Waals surface area contributed by atoms with Gasteiger partial charge in [-0.15, -0.1) is 6.58 Å². The van der Waals surface area contributed by atoms with Crippen LogP contribution in [-0.2, 0) is 0 Å². The highest BCUT2D eigenvalue weighted by Crippen LogP contribution is 2.24. The Morgan fingerprint density at radius 2 is 1.40 bits per heavy atom. The van der Waals surface area contributed by atoms with Crippen molar-refractivity contribution in [2.75, 3.05) is 0 Å². The molecule has 0 aliphatic heterocycles. The normalized spacial score (nSPS) is 11.6. The van der Waals surface area contributed by atoms with Gasteiger partial charge in [-0.05, 0) is 18.0 Å². The molecule has 0 saturated carbocycles. The third-order valence-corrected chi connectivity index (χ3v) is 5.21. The first-order valence-electron chi connectivity index (χ1n) is 3.99. The van der Waals surface area contributed by atoms with E-state index >= 15 is 0 Å². The molecule has 0 aromatic heterocycles. The molecule has 0 atom stereocenters. The van der Waals surface area contributed by atoms with Gasteiger partial charge in [-0.3, -0.25) is 0 Å². The van der Waals surface area contributed by atoms with Crippen molar-refractivity contribution in [2.24, 2.45) is 0 Å². The van der Waals surface area contributed by atoms with Crippen LogP contribution in [0.5, 0.6) is 0 Å². The van der Waals surface area contributed by atoms with Crippen LogP contribution in [0.4, 0.5) is 0 Å². The fourth-order valence-electron chi connectivity index (χ4n) is 1.65. The topological polar surface area (TPSA) is 0 Å². The number of hydrogen-bond donors (Lipinski definition) is 0. The Labute approximate surface area is 66.9 Å². The molecule has 0 saturated heterocycles. The minimum atomic E-state index is -0.290. The lowest BCUT2D eigenvalue weighted by atomic mass is 10.5. The van der Waals surface area contributed by atoms with E-state index in [-0.39, 0.29) is 8.80 Å². The van der Waals surface area contributed by atoms with E-state index in [2.05, 4.69) is 41.2 Å². The molecule has 0 aromatic carbocycles. The van der Waals surface area contributed by atoms with Gasteiger partial charge in [0.15, 0.2) is 0 Å². The van der Waals surface area contributed by atoms with Crippen LogP contribution in [0, 0.1) is 0 Å². The zero-order valence-electron chi connectivity index (χ0n) is 7.86. The van der Waals surface area contributed by atoms with Crippen molar-refractivity contribution in [1.82, 2.24) is 0 Å². The summed E-state index contributed by atoms with van der Waals surface area (Å²) in [4.78, 5) is 0. The van der Waals surface area contributed by atoms with E-state index in [1.54, 1.807) is 0 Å². The first-order valence-corrected chi connectivity index (χ1v) is 5.65. The molecule has 0 bridgehead atoms. The van der Waals surface area contributed by atoms with Crippen LogP contribution in [0.15, 0.2) is 11.8 Å². The highest BCUT2D eigenvalue weighted by molar-refractivity contribution is 6.69. The molecule has 0 spiro atoms. The van der Waals surface area contributed by atoms with Crippen molar-refractivity contribution in [3.8, 4) is 0 Å². The molecule has 59 valence electrons. The molecule has 0 N–H and O–H groups in total. The summed E-state index contributed by atoms with van der Waals surface area (Å²) in [7, 11) is -0.290. The summed E-state index contributed by atoms with van der Waals surface area (Å²) in [6.45, 7) is 15.5. The molecule has 10 heavy (non-hydrogen) atoms. The molecule has 1 heteroatoms. The Hall–Kier alpha value is -0.0431. The lowest BCUT2D eigenvalue weighted by molar-refractivity contribution is 0.942. The number of rotatable bonds is 3. The predicted molar refractivity (Wildman–Crippen MR) is 50.8 cm³/mol. The average Bonchev–Trinajstić information content (AvgIpc) is 1.59. The summed E-state index contributed by atoms with van der Waals surface area (Å²) >= 11 is 0. The van der Waals surface area contributed by atoms with Crippen LogP contribution in [0.25, 0.3) is 0 Å². The smallest absolute Gasteiger partial charge is 0.0844 e. The molecule has 0 rings (SSSR count). The fourth-order valence-corrected chi connectivity index (χ4v) is 4.96. The van der Waals surface area contributed by atoms with Gasteiger partial charge >= 0.3 is 0 Å². The summed E-state index contributed by atoms with van der Waals surface area (Å²) in [6.07, 6.45) is 0. The summed E-state index contributed by atoms with van der Waals surface area (Å²) in [5.74, 6) is 0. The van der Waals surface area contributed by atoms with Crippen molar-refractivity contribution in [3.63, 3.8) is 0 Å². The van der Waals surface area contributed by atoms with Gasteiger partial charge in [0, 0.05) is 0 Å². The molecule has 0 aliphatic rings. The SMILES string of the molecule is C=C(C)[Si](C(C)C)C(C)C. The minimum Gasteiger partial charge on any atom is -0.104 e. The average molecular weight is 155 g/mol. The summed E-state index contributed by atoms with van der Waals surface area (Å²) in [6, 6.07) is 0. The molecule has 0 nitrogen and oxygen atoms in total. The Kier molecular flexibility index (Phi) is 3.95. The summed E-state index contributed by atoms with van der Waals surface area (Å²) in [5.41, 5.74) is 1.67. The van der Waals surface area contributed by atoms with Gasteiger partial charge < -0.3 is 0 Å². The second-order valence-corrected chi connectivity index (χ2v) is 7.62. The molecule has 0 aliphatic carbocycles. The standard InChI is InChI=1S/C9H19Si/c1-7(2)10(8(3)4)9(5)6/h8-9H,1H2,2-6H3. The maximum atomic E-state index is 4.04. The molecular formula is C9H19Si. The van der Waals surface area contributed by atoms with Crippen LogP contribution in [0.1, 0.15) is 34.6 Å². The number of allylic oxidation sites excluding steroid dienone is 1. The van der Waals surface area contributed by atoms with Crippen LogP contribution in [0.3, 0.4) is 0 Å². The Bertz CT molecular complexity index is 106. The highest BCUT2D eigenvalue weighted by atomic mass is 28.3. The van der Waals surface area contributed by atoms with Crippen LogP contribution >= 0.6 is 0 Å². The summed E-state index contributed by atoms with van der Waals surface area (Å²) in [5, 5.41) is 1.43. The lowest BCUT2D eigenvalue weighted by Gasteiger charge is -2.22. The summed E-state index contributed by atoms with van der Waals surface area (Å²) < 4.78 is 0. The molecule has 0 fully saturated rings. The van der Waals surface area contributed by atoms with Crippen molar-refractivity contribution in [1.29, 1.82) is 0 Å². The predicted octanol–water partition coefficient (Wildman–Crippen LogP) is 3.42. The van der Waals surface area contributed by atoms with Crippen LogP contribution in [0.2, 0.25) is 11.1 Å². The monoisotopic (exact) mass is 155 g/mol. The van der Waals surface area contributed by atoms with Crippen LogP contribution in [-0.4, -0.2) is 8.80 Å². The Morgan fingerprint density at radius 3 is 1.40 bits per heavy atom. The maximum absolute atomic E-state index is 4.04. The van der Waals surface area contributed by atoms with Crippen molar-refractivity contribution < 1.29 is 0 Å². The van der Waals surface area contributed by atoms with E-state index in [4.69, 9.17) is 0 Å². The van der Waals surface area contributed by atoms with Gasteiger partial charge in [0.1, 0.15) is 0 Å². The van der Waals surface area contributed by atoms with Gasteiger partial charge in [0.25, 0.3) is 0 Å². The molecule has 0 aromatic rings. The Balaban J connectivity index is 4.12. The third-order valence-electron chi connectivity index (χ3n) is 1.74. The van der Waals surface area contributed by atoms with Crippen molar-refractivity contribution in [2.45, 2.75) is 45.7 Å². The molecule has 0 unspecified atom stereocenters. The van der Waals surface area contributed by atoms with Gasteiger partial charge in [0.2, 0.25) is 0 Å². The van der Waals surface area contributed by atoms with E-state index in [9.17, 15) is 0 Å². The first kappa shape index (κ1) is 9.96. The van der Waals surface area contributed by atoms with Gasteiger partial charge in [-0.25, -0.2) is 0 Å². The highest BCUT2D eigenvalue weighted by Gasteiger charge is 2.19. The molecule has 1 radical (unpaired) electrons. The van der Waals surface area contributed by atoms with Crippen LogP contribution < -0.4 is 0 Å². The largest absolute Gasteiger partial charge is 0.104 e. The second kappa shape index (κ2) is 3.97. The van der Waals surface area contributed by atoms with Crippen molar-refractivity contribution >= 4 is 8.80 Å². The quantitative estimate of drug-likeness (QED) is 0.548. The first-order chi connectivity index (χ1) is 4.46. The van der Waals surface area contributed by atoms with Gasteiger partial charge in [-0.1, -0.05) is 32.9 Å².